The van der Waals surface area contributed by atoms with Gasteiger partial charge in [-0.1, -0.05) is 13.2 Å². The molecule has 0 aliphatic carbocycles. The fraction of sp³-hybridized carbons (Fsp3) is 0.857. The minimum absolute atomic E-state index is 0.0407. The second-order valence-corrected chi connectivity index (χ2v) is 4.04. The number of thioether (sulfide) groups is 1. The second-order valence-electron chi connectivity index (χ2n) is 2.77. The Labute approximate surface area is 72.3 Å². The zero-order valence-electron chi connectivity index (χ0n) is 6.87. The highest BCUT2D eigenvalue weighted by molar-refractivity contribution is 8.02. The van der Waals surface area contributed by atoms with E-state index >= 15 is 0 Å². The van der Waals surface area contributed by atoms with Crippen molar-refractivity contribution < 1.29 is 9.53 Å². The Bertz CT molecular complexity index is 147. The molecule has 1 saturated heterocycles. The number of hydrogen-bond acceptors (Lipinski definition) is 3. The lowest BCUT2D eigenvalue weighted by Crippen LogP contribution is -2.15. The first-order valence-electron chi connectivity index (χ1n) is 3.76. The highest BCUT2D eigenvalue weighted by atomic mass is 32.2. The zero-order valence-corrected chi connectivity index (χ0v) is 7.69. The lowest BCUT2D eigenvalue weighted by atomic mass is 10.1. The Balaban J connectivity index is 2.08. The van der Waals surface area contributed by atoms with E-state index < -0.39 is 0 Å². The van der Waals surface area contributed by atoms with Crippen molar-refractivity contribution in [3.05, 3.63) is 0 Å². The van der Waals surface area contributed by atoms with Gasteiger partial charge in [0.15, 0.2) is 0 Å². The van der Waals surface area contributed by atoms with Crippen LogP contribution in [0.25, 0.3) is 0 Å². The molecule has 61 valence electrons. The highest BCUT2D eigenvalue weighted by Gasteiger charge is 2.25. The largest absolute Gasteiger partial charge is 0.469 e. The van der Waals surface area contributed by atoms with E-state index in [0.717, 1.165) is 5.75 Å². The third kappa shape index (κ3) is 3.19. The maximum Gasteiger partial charge on any atom is 0.309 e. The van der Waals surface area contributed by atoms with Crippen LogP contribution in [-0.4, -0.2) is 31.3 Å². The summed E-state index contributed by atoms with van der Waals surface area (Å²) in [5, 5.41) is 0.710. The lowest BCUT2D eigenvalue weighted by Gasteiger charge is -2.07. The fourth-order valence-electron chi connectivity index (χ4n) is 0.729. The van der Waals surface area contributed by atoms with E-state index in [4.69, 9.17) is 0 Å². The van der Waals surface area contributed by atoms with E-state index in [-0.39, 0.29) is 11.9 Å². The third-order valence-corrected chi connectivity index (χ3v) is 3.10. The van der Waals surface area contributed by atoms with Crippen LogP contribution in [0.1, 0.15) is 6.92 Å². The Kier molecular flexibility index (Phi) is 3.30. The summed E-state index contributed by atoms with van der Waals surface area (Å²) in [6.45, 7) is 1.90. The summed E-state index contributed by atoms with van der Waals surface area (Å²) in [6.07, 6.45) is 1.21. The molecule has 0 aromatic rings. The van der Waals surface area contributed by atoms with Crippen LogP contribution in [0.15, 0.2) is 0 Å². The smallest absolute Gasteiger partial charge is 0.309 e. The van der Waals surface area contributed by atoms with Gasteiger partial charge in [-0.05, 0) is 5.15 Å². The van der Waals surface area contributed by atoms with Crippen LogP contribution in [0.4, 0.5) is 0 Å². The molecule has 0 aromatic heterocycles. The minimum atomic E-state index is -0.0989. The Morgan fingerprint density at radius 3 is 3.00 bits per heavy atom. The van der Waals surface area contributed by atoms with Gasteiger partial charge in [0.1, 0.15) is 7.28 Å². The number of carbonyl (C=O) groups excluding carboxylic acids is 1. The number of rotatable bonds is 4. The molecule has 4 heteroatoms. The Morgan fingerprint density at radius 1 is 1.91 bits per heavy atom. The maximum absolute atomic E-state index is 10.9. The molecule has 2 atom stereocenters. The van der Waals surface area contributed by atoms with E-state index in [9.17, 15) is 4.79 Å². The molecule has 1 heterocycles. The zero-order chi connectivity index (χ0) is 8.27. The Morgan fingerprint density at radius 2 is 2.55 bits per heavy atom. The van der Waals surface area contributed by atoms with E-state index in [0.29, 0.717) is 5.15 Å². The van der Waals surface area contributed by atoms with Crippen LogP contribution < -0.4 is 0 Å². The predicted octanol–water partition coefficient (Wildman–Crippen LogP) is 0.991. The van der Waals surface area contributed by atoms with E-state index in [1.807, 2.05) is 18.7 Å². The molecule has 0 amide bonds. The molecule has 0 aromatic carbocycles. The standard InChI is InChI=1S/C7H12BO2S/c1-5(7(9)10-2)4-11-6-3-8-6/h5-6H,3-4H2,1-2H3. The monoisotopic (exact) mass is 171 g/mol. The van der Waals surface area contributed by atoms with Gasteiger partial charge in [-0.25, -0.2) is 0 Å². The number of hydrogen-bond donors (Lipinski definition) is 0. The summed E-state index contributed by atoms with van der Waals surface area (Å²) in [6, 6.07) is 0. The molecule has 1 radical (unpaired) electrons. The molecule has 1 rings (SSSR count). The van der Waals surface area contributed by atoms with Crippen molar-refractivity contribution in [1.82, 2.24) is 0 Å². The van der Waals surface area contributed by atoms with Crippen molar-refractivity contribution in [2.45, 2.75) is 18.4 Å². The summed E-state index contributed by atoms with van der Waals surface area (Å²) >= 11 is 1.84. The summed E-state index contributed by atoms with van der Waals surface area (Å²) in [7, 11) is 3.68. The van der Waals surface area contributed by atoms with Crippen molar-refractivity contribution in [3.63, 3.8) is 0 Å². The molecule has 1 aliphatic rings. The average molecular weight is 171 g/mol. The van der Waals surface area contributed by atoms with Gasteiger partial charge in [0.25, 0.3) is 0 Å². The lowest BCUT2D eigenvalue weighted by molar-refractivity contribution is -0.143. The van der Waals surface area contributed by atoms with Crippen LogP contribution in [0.5, 0.6) is 0 Å². The third-order valence-electron chi connectivity index (χ3n) is 1.59. The molecule has 1 aliphatic heterocycles. The van der Waals surface area contributed by atoms with Gasteiger partial charge in [0.05, 0.1) is 13.0 Å². The SMILES string of the molecule is COC(=O)C(C)CSC1[B]C1. The summed E-state index contributed by atoms with van der Waals surface area (Å²) in [4.78, 5) is 10.9. The van der Waals surface area contributed by atoms with Gasteiger partial charge in [-0.3, -0.25) is 4.79 Å². The first kappa shape index (κ1) is 8.98. The van der Waals surface area contributed by atoms with Crippen molar-refractivity contribution in [2.75, 3.05) is 12.9 Å². The number of ether oxygens (including phenoxy) is 1. The summed E-state index contributed by atoms with van der Waals surface area (Å²) < 4.78 is 4.60. The van der Waals surface area contributed by atoms with Crippen LogP contribution >= 0.6 is 11.8 Å². The van der Waals surface area contributed by atoms with Crippen molar-refractivity contribution in [3.8, 4) is 0 Å². The van der Waals surface area contributed by atoms with E-state index in [1.54, 1.807) is 0 Å². The first-order chi connectivity index (χ1) is 5.24. The maximum atomic E-state index is 10.9. The molecular formula is C7H12BO2S. The molecule has 2 nitrogen and oxygen atoms in total. The van der Waals surface area contributed by atoms with Crippen LogP contribution in [0.2, 0.25) is 6.32 Å². The topological polar surface area (TPSA) is 26.3 Å². The predicted molar refractivity (Wildman–Crippen MR) is 48.0 cm³/mol. The van der Waals surface area contributed by atoms with Gasteiger partial charge in [0.2, 0.25) is 0 Å². The molecule has 2 unspecified atom stereocenters. The van der Waals surface area contributed by atoms with E-state index in [2.05, 4.69) is 12.0 Å². The molecule has 0 N–H and O–H groups in total. The van der Waals surface area contributed by atoms with Gasteiger partial charge >= 0.3 is 5.97 Å². The molecule has 0 bridgehead atoms. The van der Waals surface area contributed by atoms with Gasteiger partial charge < -0.3 is 4.74 Å². The van der Waals surface area contributed by atoms with Gasteiger partial charge in [0, 0.05) is 5.75 Å². The number of carbonyl (C=O) groups is 1. The van der Waals surface area contributed by atoms with Crippen LogP contribution in [-0.2, 0) is 9.53 Å². The number of methoxy groups -OCH3 is 1. The molecule has 11 heavy (non-hydrogen) atoms. The second kappa shape index (κ2) is 4.05. The molecule has 0 saturated carbocycles. The normalized spacial score (nSPS) is 23.6. The fourth-order valence-corrected chi connectivity index (χ4v) is 1.78. The average Bonchev–Trinajstić information content (AvgIpc) is 2.81. The van der Waals surface area contributed by atoms with Crippen LogP contribution in [0, 0.1) is 5.92 Å². The van der Waals surface area contributed by atoms with E-state index in [1.165, 1.54) is 13.4 Å². The van der Waals surface area contributed by atoms with Crippen LogP contribution in [0.3, 0.4) is 0 Å². The molecule has 0 spiro atoms. The Hall–Kier alpha value is -0.115. The minimum Gasteiger partial charge on any atom is -0.469 e. The summed E-state index contributed by atoms with van der Waals surface area (Å²) in [5.41, 5.74) is 0. The molecular weight excluding hydrogens is 159 g/mol. The summed E-state index contributed by atoms with van der Waals surface area (Å²) in [5.74, 6) is 0.825. The van der Waals surface area contributed by atoms with Gasteiger partial charge in [-0.15, -0.1) is 0 Å². The van der Waals surface area contributed by atoms with Crippen molar-refractivity contribution >= 4 is 25.0 Å². The number of esters is 1. The quantitative estimate of drug-likeness (QED) is 0.466. The molecule has 1 fully saturated rings. The van der Waals surface area contributed by atoms with Crippen molar-refractivity contribution in [1.29, 1.82) is 0 Å². The first-order valence-corrected chi connectivity index (χ1v) is 4.81. The van der Waals surface area contributed by atoms with Crippen molar-refractivity contribution in [2.24, 2.45) is 5.92 Å². The highest BCUT2D eigenvalue weighted by Crippen LogP contribution is 2.28. The van der Waals surface area contributed by atoms with Gasteiger partial charge in [-0.2, -0.15) is 11.8 Å².